The fourth-order valence-electron chi connectivity index (χ4n) is 3.22. The van der Waals surface area contributed by atoms with Gasteiger partial charge < -0.3 is 10.3 Å². The van der Waals surface area contributed by atoms with Crippen molar-refractivity contribution in [3.05, 3.63) is 72.2 Å². The number of H-pyrrole nitrogens is 1. The van der Waals surface area contributed by atoms with Gasteiger partial charge >= 0.3 is 0 Å². The van der Waals surface area contributed by atoms with Gasteiger partial charge in [-0.15, -0.1) is 5.10 Å². The maximum atomic E-state index is 4.58. The summed E-state index contributed by atoms with van der Waals surface area (Å²) in [5.74, 6) is 0. The van der Waals surface area contributed by atoms with E-state index in [2.05, 4.69) is 56.1 Å². The highest BCUT2D eigenvalue weighted by Gasteiger charge is 2.07. The first-order valence-electron chi connectivity index (χ1n) is 8.88. The van der Waals surface area contributed by atoms with Gasteiger partial charge in [-0.1, -0.05) is 46.9 Å². The number of rotatable bonds is 6. The monoisotopic (exact) mass is 374 g/mol. The van der Waals surface area contributed by atoms with E-state index in [1.807, 2.05) is 35.1 Å². The number of nitrogens with zero attached hydrogens (tertiary/aromatic N) is 4. The first-order valence-corrected chi connectivity index (χ1v) is 9.70. The molecule has 0 aliphatic carbocycles. The molecule has 0 spiro atoms. The highest BCUT2D eigenvalue weighted by atomic mass is 32.1. The molecule has 0 radical (unpaired) electrons. The Morgan fingerprint density at radius 1 is 1.07 bits per heavy atom. The molecule has 5 aromatic rings. The third-order valence-corrected chi connectivity index (χ3v) is 5.58. The topological polar surface area (TPSA) is 71.4 Å². The highest BCUT2D eigenvalue weighted by molar-refractivity contribution is 7.22. The van der Waals surface area contributed by atoms with Crippen molar-refractivity contribution in [2.45, 2.75) is 19.5 Å². The number of fused-ring (bicyclic) bond motifs is 2. The number of aromatic nitrogens is 5. The lowest BCUT2D eigenvalue weighted by Crippen LogP contribution is -2.02. The van der Waals surface area contributed by atoms with Gasteiger partial charge in [-0.25, -0.2) is 4.98 Å². The number of nitrogens with one attached hydrogen (secondary N) is 2. The van der Waals surface area contributed by atoms with Crippen LogP contribution in [0.4, 0.5) is 5.13 Å². The molecule has 0 aliphatic heterocycles. The Balaban J connectivity index is 1.22. The van der Waals surface area contributed by atoms with Gasteiger partial charge in [0.05, 0.1) is 23.0 Å². The van der Waals surface area contributed by atoms with Gasteiger partial charge in [-0.2, -0.15) is 0 Å². The largest absolute Gasteiger partial charge is 0.361 e. The first-order chi connectivity index (χ1) is 13.3. The summed E-state index contributed by atoms with van der Waals surface area (Å²) in [4.78, 5) is 7.90. The zero-order valence-corrected chi connectivity index (χ0v) is 15.4. The molecule has 0 saturated carbocycles. The lowest BCUT2D eigenvalue weighted by molar-refractivity contribution is 0.590. The maximum absolute atomic E-state index is 4.58. The molecule has 0 bridgehead atoms. The molecular formula is C20H18N6S. The number of aromatic amines is 1. The quantitative estimate of drug-likeness (QED) is 0.467. The van der Waals surface area contributed by atoms with Crippen LogP contribution in [0.3, 0.4) is 0 Å². The number of anilines is 1. The first kappa shape index (κ1) is 16.0. The van der Waals surface area contributed by atoms with Crippen LogP contribution in [0.15, 0.2) is 60.9 Å². The molecule has 3 aromatic heterocycles. The Bertz CT molecular complexity index is 1170. The third-order valence-electron chi connectivity index (χ3n) is 4.59. The minimum atomic E-state index is 0.618. The van der Waals surface area contributed by atoms with E-state index in [0.29, 0.717) is 6.54 Å². The van der Waals surface area contributed by atoms with Crippen LogP contribution in [-0.4, -0.2) is 25.0 Å². The average Bonchev–Trinajstić information content (AvgIpc) is 3.42. The second-order valence-corrected chi connectivity index (χ2v) is 7.45. The Labute approximate surface area is 159 Å². The zero-order valence-electron chi connectivity index (χ0n) is 14.6. The molecule has 6 nitrogen and oxygen atoms in total. The molecule has 27 heavy (non-hydrogen) atoms. The summed E-state index contributed by atoms with van der Waals surface area (Å²) in [5, 5.41) is 14.0. The van der Waals surface area contributed by atoms with Crippen LogP contribution in [0.2, 0.25) is 0 Å². The summed E-state index contributed by atoms with van der Waals surface area (Å²) < 4.78 is 3.08. The van der Waals surface area contributed by atoms with Gasteiger partial charge in [-0.05, 0) is 30.2 Å². The molecular weight excluding hydrogens is 356 g/mol. The summed E-state index contributed by atoms with van der Waals surface area (Å²) in [6.45, 7) is 1.42. The van der Waals surface area contributed by atoms with Crippen molar-refractivity contribution < 1.29 is 0 Å². The third kappa shape index (κ3) is 3.29. The van der Waals surface area contributed by atoms with Crippen LogP contribution < -0.4 is 5.32 Å². The van der Waals surface area contributed by atoms with Crippen molar-refractivity contribution in [3.63, 3.8) is 0 Å². The van der Waals surface area contributed by atoms with E-state index in [9.17, 15) is 0 Å². The van der Waals surface area contributed by atoms with Crippen molar-refractivity contribution in [1.29, 1.82) is 0 Å². The van der Waals surface area contributed by atoms with Crippen molar-refractivity contribution in [1.82, 2.24) is 25.0 Å². The smallest absolute Gasteiger partial charge is 0.184 e. The number of hydrogen-bond acceptors (Lipinski definition) is 5. The lowest BCUT2D eigenvalue weighted by Gasteiger charge is -2.00. The molecule has 3 heterocycles. The molecule has 5 rings (SSSR count). The van der Waals surface area contributed by atoms with Crippen LogP contribution in [0, 0.1) is 0 Å². The van der Waals surface area contributed by atoms with Gasteiger partial charge in [0, 0.05) is 23.6 Å². The standard InChI is InChI=1S/C20H18N6S/c1-2-6-17-16(5-1)14(11-21-17)9-10-26-13-15(24-25-26)12-22-20-23-18-7-3-4-8-19(18)27-20/h1-8,11,13,21H,9-10,12H2,(H,22,23). The minimum absolute atomic E-state index is 0.618. The summed E-state index contributed by atoms with van der Waals surface area (Å²) in [7, 11) is 0. The fourth-order valence-corrected chi connectivity index (χ4v) is 4.08. The van der Waals surface area contributed by atoms with Crippen molar-refractivity contribution in [2.24, 2.45) is 0 Å². The molecule has 2 N–H and O–H groups in total. The molecule has 2 aromatic carbocycles. The minimum Gasteiger partial charge on any atom is -0.361 e. The molecule has 0 unspecified atom stereocenters. The number of benzene rings is 2. The van der Waals surface area contributed by atoms with Gasteiger partial charge in [0.25, 0.3) is 0 Å². The van der Waals surface area contributed by atoms with Crippen LogP contribution in [0.1, 0.15) is 11.3 Å². The van der Waals surface area contributed by atoms with E-state index in [4.69, 9.17) is 0 Å². The fraction of sp³-hybridized carbons (Fsp3) is 0.150. The summed E-state index contributed by atoms with van der Waals surface area (Å²) >= 11 is 1.65. The van der Waals surface area contributed by atoms with E-state index in [1.165, 1.54) is 21.2 Å². The van der Waals surface area contributed by atoms with Crippen molar-refractivity contribution in [2.75, 3.05) is 5.32 Å². The second-order valence-electron chi connectivity index (χ2n) is 6.42. The summed E-state index contributed by atoms with van der Waals surface area (Å²) in [6.07, 6.45) is 4.99. The van der Waals surface area contributed by atoms with Gasteiger partial charge in [0.2, 0.25) is 0 Å². The van der Waals surface area contributed by atoms with Crippen molar-refractivity contribution in [3.8, 4) is 0 Å². The van der Waals surface area contributed by atoms with Crippen LogP contribution in [0.5, 0.6) is 0 Å². The van der Waals surface area contributed by atoms with E-state index in [1.54, 1.807) is 11.3 Å². The molecule has 0 fully saturated rings. The highest BCUT2D eigenvalue weighted by Crippen LogP contribution is 2.25. The molecule has 0 aliphatic rings. The molecule has 0 atom stereocenters. The van der Waals surface area contributed by atoms with E-state index < -0.39 is 0 Å². The predicted molar refractivity (Wildman–Crippen MR) is 109 cm³/mol. The summed E-state index contributed by atoms with van der Waals surface area (Å²) in [6, 6.07) is 16.5. The Kier molecular flexibility index (Phi) is 4.06. The SMILES string of the molecule is c1ccc2sc(NCc3cn(CCc4c[nH]c5ccccc45)nn3)nc2c1. The molecule has 7 heteroatoms. The predicted octanol–water partition coefficient (Wildman–Crippen LogP) is 4.22. The van der Waals surface area contributed by atoms with Gasteiger partial charge in [0.15, 0.2) is 5.13 Å². The van der Waals surface area contributed by atoms with Crippen LogP contribution in [0.25, 0.3) is 21.1 Å². The van der Waals surface area contributed by atoms with Crippen LogP contribution >= 0.6 is 11.3 Å². The number of aryl methyl sites for hydroxylation is 2. The molecule has 0 saturated heterocycles. The maximum Gasteiger partial charge on any atom is 0.184 e. The summed E-state index contributed by atoms with van der Waals surface area (Å²) in [5.41, 5.74) is 4.41. The number of hydrogen-bond donors (Lipinski definition) is 2. The number of para-hydroxylation sites is 2. The van der Waals surface area contributed by atoms with Crippen molar-refractivity contribution >= 4 is 37.6 Å². The average molecular weight is 374 g/mol. The Morgan fingerprint density at radius 2 is 1.96 bits per heavy atom. The van der Waals surface area contributed by atoms with E-state index in [0.717, 1.165) is 29.3 Å². The Hall–Kier alpha value is -3.19. The lowest BCUT2D eigenvalue weighted by atomic mass is 10.1. The van der Waals surface area contributed by atoms with Crippen LogP contribution in [-0.2, 0) is 19.5 Å². The van der Waals surface area contributed by atoms with Gasteiger partial charge in [0.1, 0.15) is 5.69 Å². The Morgan fingerprint density at radius 3 is 2.93 bits per heavy atom. The van der Waals surface area contributed by atoms with Gasteiger partial charge in [-0.3, -0.25) is 4.68 Å². The zero-order chi connectivity index (χ0) is 18.1. The molecule has 134 valence electrons. The molecule has 0 amide bonds. The number of thiazole rings is 1. The van der Waals surface area contributed by atoms with E-state index >= 15 is 0 Å². The van der Waals surface area contributed by atoms with E-state index in [-0.39, 0.29) is 0 Å². The second kappa shape index (κ2) is 6.85. The normalized spacial score (nSPS) is 11.4.